The lowest BCUT2D eigenvalue weighted by atomic mass is 9.70. The molecule has 110 heavy (non-hydrogen) atoms. The summed E-state index contributed by atoms with van der Waals surface area (Å²) in [7, 11) is 0. The molecule has 0 bridgehead atoms. The van der Waals surface area contributed by atoms with Crippen molar-refractivity contribution in [3.8, 4) is 77.9 Å². The maximum atomic E-state index is 2.40. The van der Waals surface area contributed by atoms with Crippen LogP contribution in [0.1, 0.15) is 80.6 Å². The normalized spacial score (nSPS) is 12.3. The molecule has 3 aliphatic rings. The summed E-state index contributed by atoms with van der Waals surface area (Å²) in [6, 6.07) is 144. The van der Waals surface area contributed by atoms with Crippen LogP contribution in [0, 0.1) is 41.5 Å². The maximum absolute atomic E-state index is 2.40. The van der Waals surface area contributed by atoms with Crippen molar-refractivity contribution in [3.05, 3.63) is 467 Å². The lowest BCUT2D eigenvalue weighted by Gasteiger charge is -2.30. The molecule has 0 amide bonds. The van der Waals surface area contributed by atoms with E-state index in [-0.39, 0.29) is 10.8 Å². The summed E-state index contributed by atoms with van der Waals surface area (Å²) < 4.78 is 0. The predicted octanol–water partition coefficient (Wildman–Crippen LogP) is 29.9. The van der Waals surface area contributed by atoms with Crippen LogP contribution >= 0.6 is 0 Å². The van der Waals surface area contributed by atoms with Gasteiger partial charge in [-0.3, -0.25) is 0 Å². The van der Waals surface area contributed by atoms with Crippen LogP contribution in [0.3, 0.4) is 0 Å². The van der Waals surface area contributed by atoms with Crippen molar-refractivity contribution in [2.45, 2.75) is 66.2 Å². The molecule has 0 aromatic heterocycles. The molecule has 0 nitrogen and oxygen atoms in total. The van der Waals surface area contributed by atoms with Crippen LogP contribution in [0.2, 0.25) is 0 Å². The summed E-state index contributed by atoms with van der Waals surface area (Å²) in [6.07, 6.45) is 0. The Labute approximate surface area is 650 Å². The molecule has 0 heterocycles. The van der Waals surface area contributed by atoms with Gasteiger partial charge < -0.3 is 0 Å². The fraction of sp³-hybridized carbons (Fsp3) is 0.0909. The highest BCUT2D eigenvalue weighted by molar-refractivity contribution is 5.98. The molecule has 0 atom stereocenters. The molecule has 21 rings (SSSR count). The number of rotatable bonds is 4. The highest BCUT2D eigenvalue weighted by Gasteiger charge is 2.51. The smallest absolute Gasteiger partial charge is 0.0620 e. The van der Waals surface area contributed by atoms with Crippen LogP contribution in [0.25, 0.3) is 121 Å². The third kappa shape index (κ3) is 14.1. The quantitative estimate of drug-likeness (QED) is 0.165. The zero-order chi connectivity index (χ0) is 75.3. The van der Waals surface area contributed by atoms with Gasteiger partial charge in [-0.25, -0.2) is 0 Å². The third-order valence-corrected chi connectivity index (χ3v) is 22.6. The van der Waals surface area contributed by atoms with E-state index >= 15 is 0 Å². The van der Waals surface area contributed by atoms with Crippen LogP contribution in [0.4, 0.5) is 0 Å². The molecule has 530 valence electrons. The van der Waals surface area contributed by atoms with Crippen LogP contribution in [-0.4, -0.2) is 0 Å². The molecule has 0 aliphatic heterocycles. The molecule has 18 aromatic rings. The third-order valence-electron chi connectivity index (χ3n) is 22.6. The molecule has 0 fully saturated rings. The van der Waals surface area contributed by atoms with Crippen molar-refractivity contribution in [1.29, 1.82) is 0 Å². The molecule has 0 N–H and O–H groups in total. The van der Waals surface area contributed by atoms with Crippen molar-refractivity contribution < 1.29 is 0 Å². The monoisotopic (exact) mass is 1410 g/mol. The Morgan fingerprint density at radius 2 is 0.491 bits per heavy atom. The van der Waals surface area contributed by atoms with E-state index in [9.17, 15) is 0 Å². The van der Waals surface area contributed by atoms with Crippen molar-refractivity contribution in [1.82, 2.24) is 0 Å². The first-order chi connectivity index (χ1) is 53.8. The average molecular weight is 1410 g/mol. The van der Waals surface area contributed by atoms with E-state index in [1.807, 2.05) is 0 Å². The summed E-state index contributed by atoms with van der Waals surface area (Å²) >= 11 is 0. The molecule has 18 aromatic carbocycles. The second-order valence-electron chi connectivity index (χ2n) is 30.2. The standard InChI is InChI=1S/C26H18.4C17H14.C16H16/c1-17-14-15-21-20-10-4-7-13-24(20)26(25(21)16-17)22-11-5-2-8-18(22)19-9-3-6-12-23(19)26;1-13-6-2-5-9-17(13)16-11-10-14-7-3-4-8-15(14)12-16;1-13-7-2-4-10-15(13)17-12-6-9-14-8-3-5-11-16(14)17;1-13-5-4-8-15(11-13)17-10-9-14-6-2-3-7-16(14)12-17;1-13-6-8-15(9-7-13)17-11-10-14-4-2-3-5-16(14)12-17;1-11-8-9-13-12-6-4-5-7-14(12)16(2,3)15(13)10-11/h2-16H,1H3;4*2-12H,1H3;4-10H,1-3H3. The molecule has 0 saturated carbocycles. The first kappa shape index (κ1) is 71.3. The fourth-order valence-electron chi connectivity index (χ4n) is 16.9. The zero-order valence-corrected chi connectivity index (χ0v) is 64.1. The van der Waals surface area contributed by atoms with Crippen LogP contribution < -0.4 is 0 Å². The summed E-state index contributed by atoms with van der Waals surface area (Å²) in [5, 5.41) is 10.4. The van der Waals surface area contributed by atoms with E-state index in [0.29, 0.717) is 0 Å². The first-order valence-corrected chi connectivity index (χ1v) is 38.6. The molecule has 0 heteroatoms. The van der Waals surface area contributed by atoms with Gasteiger partial charge in [0, 0.05) is 5.41 Å². The lowest BCUT2D eigenvalue weighted by Crippen LogP contribution is -2.25. The van der Waals surface area contributed by atoms with E-state index in [4.69, 9.17) is 0 Å². The zero-order valence-electron chi connectivity index (χ0n) is 64.1. The van der Waals surface area contributed by atoms with Crippen molar-refractivity contribution >= 4 is 43.1 Å². The minimum Gasteiger partial charge on any atom is -0.0620 e. The van der Waals surface area contributed by atoms with Crippen molar-refractivity contribution in [3.63, 3.8) is 0 Å². The molecule has 0 saturated heterocycles. The lowest BCUT2D eigenvalue weighted by molar-refractivity contribution is 0.660. The number of hydrogen-bond donors (Lipinski definition) is 0. The van der Waals surface area contributed by atoms with Gasteiger partial charge in [-0.1, -0.05) is 418 Å². The number of fused-ring (bicyclic) bond motifs is 17. The van der Waals surface area contributed by atoms with E-state index in [0.717, 1.165) is 0 Å². The number of hydrogen-bond acceptors (Lipinski definition) is 0. The van der Waals surface area contributed by atoms with Gasteiger partial charge in [-0.05, 0) is 225 Å². The fourth-order valence-corrected chi connectivity index (χ4v) is 16.9. The van der Waals surface area contributed by atoms with E-state index < -0.39 is 0 Å². The Morgan fingerprint density at radius 1 is 0.164 bits per heavy atom. The second-order valence-corrected chi connectivity index (χ2v) is 30.2. The SMILES string of the molecule is Cc1ccc(-c2ccc3ccccc3c2)cc1.Cc1ccc2c(c1)C(C)(C)c1ccccc1-2.Cc1ccc2c(c1)C1(c3ccccc3-c3ccccc31)c1ccccc1-2.Cc1cccc(-c2ccc3ccccc3c2)c1.Cc1ccccc1-c1ccc2ccccc2c1.Cc1ccccc1-c1cccc2ccccc12. The van der Waals surface area contributed by atoms with Crippen molar-refractivity contribution in [2.75, 3.05) is 0 Å². The molecular formula is C110H90. The molecule has 3 aliphatic carbocycles. The van der Waals surface area contributed by atoms with E-state index in [1.54, 1.807) is 0 Å². The van der Waals surface area contributed by atoms with E-state index in [1.165, 1.54) is 188 Å². The van der Waals surface area contributed by atoms with Crippen molar-refractivity contribution in [2.24, 2.45) is 0 Å². The van der Waals surface area contributed by atoms with E-state index in [2.05, 4.69) is 456 Å². The highest BCUT2D eigenvalue weighted by Crippen LogP contribution is 2.63. The van der Waals surface area contributed by atoms with Gasteiger partial charge in [0.1, 0.15) is 0 Å². The molecule has 0 unspecified atom stereocenters. The topological polar surface area (TPSA) is 0 Å². The minimum atomic E-state index is -0.189. The van der Waals surface area contributed by atoms with Gasteiger partial charge in [0.2, 0.25) is 0 Å². The second kappa shape index (κ2) is 31.1. The maximum Gasteiger partial charge on any atom is 0.0725 e. The first-order valence-electron chi connectivity index (χ1n) is 38.6. The van der Waals surface area contributed by atoms with Gasteiger partial charge in [-0.2, -0.15) is 0 Å². The van der Waals surface area contributed by atoms with Gasteiger partial charge in [0.05, 0.1) is 5.41 Å². The largest absolute Gasteiger partial charge is 0.0725 e. The summed E-state index contributed by atoms with van der Waals surface area (Å²) in [6.45, 7) is 17.6. The highest BCUT2D eigenvalue weighted by atomic mass is 14.5. The molecule has 1 spiro atoms. The van der Waals surface area contributed by atoms with Crippen LogP contribution in [-0.2, 0) is 10.8 Å². The Bertz CT molecular complexity index is 6320. The average Bonchev–Trinajstić information content (AvgIpc) is 1.51. The Hall–Kier alpha value is -13.0. The van der Waals surface area contributed by atoms with Crippen LogP contribution in [0.5, 0.6) is 0 Å². The number of aryl methyl sites for hydroxylation is 6. The Balaban J connectivity index is 0.000000101. The van der Waals surface area contributed by atoms with Gasteiger partial charge in [-0.15, -0.1) is 0 Å². The number of benzene rings is 18. The Kier molecular flexibility index (Phi) is 20.1. The van der Waals surface area contributed by atoms with Gasteiger partial charge in [0.15, 0.2) is 0 Å². The minimum absolute atomic E-state index is 0.151. The molecule has 0 radical (unpaired) electrons. The van der Waals surface area contributed by atoms with Crippen LogP contribution in [0.15, 0.2) is 400 Å². The predicted molar refractivity (Wildman–Crippen MR) is 473 cm³/mol. The Morgan fingerprint density at radius 3 is 1.01 bits per heavy atom. The molecular weight excluding hydrogens is 1320 g/mol. The van der Waals surface area contributed by atoms with Gasteiger partial charge >= 0.3 is 0 Å². The summed E-state index contributed by atoms with van der Waals surface area (Å²) in [4.78, 5) is 0. The summed E-state index contributed by atoms with van der Waals surface area (Å²) in [5.74, 6) is 0. The van der Waals surface area contributed by atoms with Gasteiger partial charge in [0.25, 0.3) is 0 Å². The summed E-state index contributed by atoms with van der Waals surface area (Å²) in [5.41, 5.74) is 35.1.